The minimum Gasteiger partial charge on any atom is -0.355 e. The first-order chi connectivity index (χ1) is 49.6. The van der Waals surface area contributed by atoms with Crippen LogP contribution in [0.3, 0.4) is 0 Å². The molecule has 1 spiro atoms. The van der Waals surface area contributed by atoms with Crippen molar-refractivity contribution in [2.45, 2.75) is 5.41 Å². The van der Waals surface area contributed by atoms with Crippen LogP contribution in [0.4, 0.5) is 28.4 Å². The van der Waals surface area contributed by atoms with Crippen LogP contribution in [0.1, 0.15) is 22.3 Å². The van der Waals surface area contributed by atoms with Crippen LogP contribution in [-0.4, -0.2) is 4.57 Å². The molecule has 19 rings (SSSR count). The maximum Gasteiger partial charge on any atom is 0.0754 e. The number of fused-ring (bicyclic) bond motifs is 12. The highest BCUT2D eigenvalue weighted by molar-refractivity contribution is 6.13. The highest BCUT2D eigenvalue weighted by Gasteiger charge is 2.50. The molecule has 1 aliphatic carbocycles. The van der Waals surface area contributed by atoms with Crippen LogP contribution >= 0.6 is 0 Å². The summed E-state index contributed by atoms with van der Waals surface area (Å²) in [6.07, 6.45) is 0. The first-order valence-corrected chi connectivity index (χ1v) is 34.5. The lowest BCUT2D eigenvalue weighted by Gasteiger charge is -2.39. The van der Waals surface area contributed by atoms with Crippen molar-refractivity contribution < 1.29 is 0 Å². The van der Waals surface area contributed by atoms with Gasteiger partial charge in [0.2, 0.25) is 0 Å². The van der Waals surface area contributed by atoms with E-state index in [0.717, 1.165) is 34.0 Å². The van der Waals surface area contributed by atoms with Crippen LogP contribution in [0, 0.1) is 0 Å². The predicted octanol–water partition coefficient (Wildman–Crippen LogP) is 26.0. The van der Waals surface area contributed by atoms with Crippen molar-refractivity contribution in [3.05, 3.63) is 423 Å². The van der Waals surface area contributed by atoms with Crippen LogP contribution in [0.25, 0.3) is 117 Å². The monoisotopic (exact) mass is 1270 g/mol. The fourth-order valence-electron chi connectivity index (χ4n) is 15.6. The third-order valence-corrected chi connectivity index (χ3v) is 20.3. The van der Waals surface area contributed by atoms with Gasteiger partial charge in [0.1, 0.15) is 0 Å². The minimum absolute atomic E-state index is 0.472. The van der Waals surface area contributed by atoms with Crippen molar-refractivity contribution in [3.63, 3.8) is 0 Å². The van der Waals surface area contributed by atoms with Crippen molar-refractivity contribution in [2.75, 3.05) is 10.2 Å². The topological polar surface area (TPSA) is 20.2 Å². The molecule has 0 radical (unpaired) electrons. The third-order valence-electron chi connectivity index (χ3n) is 20.3. The van der Waals surface area contributed by atoms with Crippen molar-refractivity contribution >= 4 is 50.2 Å². The van der Waals surface area contributed by atoms with E-state index in [2.05, 4.69) is 403 Å². The Morgan fingerprint density at radius 2 is 0.610 bits per heavy atom. The van der Waals surface area contributed by atoms with E-state index in [1.807, 2.05) is 12.1 Å². The number of nitrogens with one attached hydrogen (secondary N) is 1. The molecule has 0 saturated heterocycles. The molecule has 1 aromatic heterocycles. The highest BCUT2D eigenvalue weighted by atomic mass is 15.1. The molecule has 2 heterocycles. The van der Waals surface area contributed by atoms with Crippen LogP contribution in [0.15, 0.2) is 400 Å². The smallest absolute Gasteiger partial charge is 0.0754 e. The zero-order chi connectivity index (χ0) is 66.4. The Labute approximate surface area is 584 Å². The van der Waals surface area contributed by atoms with Gasteiger partial charge in [-0.1, -0.05) is 340 Å². The van der Waals surface area contributed by atoms with E-state index in [-0.39, 0.29) is 0 Å². The van der Waals surface area contributed by atoms with Crippen LogP contribution < -0.4 is 10.2 Å². The molecule has 16 aromatic carbocycles. The number of anilines is 5. The van der Waals surface area contributed by atoms with E-state index in [1.165, 1.54) is 133 Å². The van der Waals surface area contributed by atoms with Gasteiger partial charge in [-0.2, -0.15) is 0 Å². The van der Waals surface area contributed by atoms with Crippen molar-refractivity contribution in [1.29, 1.82) is 0 Å². The van der Waals surface area contributed by atoms with Gasteiger partial charge >= 0.3 is 0 Å². The van der Waals surface area contributed by atoms with E-state index in [1.54, 1.807) is 0 Å². The number of hydrogen-bond acceptors (Lipinski definition) is 2. The van der Waals surface area contributed by atoms with Crippen molar-refractivity contribution in [2.24, 2.45) is 0 Å². The van der Waals surface area contributed by atoms with Gasteiger partial charge in [-0.3, -0.25) is 0 Å². The lowest BCUT2D eigenvalue weighted by Crippen LogP contribution is -2.33. The van der Waals surface area contributed by atoms with Crippen LogP contribution in [0.5, 0.6) is 0 Å². The molecular weight excluding hydrogens is 1210 g/mol. The zero-order valence-corrected chi connectivity index (χ0v) is 55.0. The van der Waals surface area contributed by atoms with Gasteiger partial charge in [0.25, 0.3) is 0 Å². The molecule has 0 amide bonds. The molecule has 0 unspecified atom stereocenters. The molecule has 0 bridgehead atoms. The number of rotatable bonds is 12. The summed E-state index contributed by atoms with van der Waals surface area (Å²) in [5, 5.41) is 6.16. The molecule has 1 aliphatic heterocycles. The molecule has 0 atom stereocenters. The summed E-state index contributed by atoms with van der Waals surface area (Å²) in [7, 11) is 0. The Kier molecular flexibility index (Phi) is 15.1. The summed E-state index contributed by atoms with van der Waals surface area (Å²) in [4.78, 5) is 2.41. The molecule has 100 heavy (non-hydrogen) atoms. The van der Waals surface area contributed by atoms with Gasteiger partial charge in [0, 0.05) is 44.6 Å². The van der Waals surface area contributed by atoms with E-state index < -0.39 is 5.41 Å². The summed E-state index contributed by atoms with van der Waals surface area (Å²) in [5.74, 6) is 0. The molecule has 1 N–H and O–H groups in total. The van der Waals surface area contributed by atoms with Gasteiger partial charge in [-0.15, -0.1) is 0 Å². The van der Waals surface area contributed by atoms with Gasteiger partial charge in [-0.05, 0) is 161 Å². The summed E-state index contributed by atoms with van der Waals surface area (Å²) < 4.78 is 2.55. The molecule has 3 nitrogen and oxygen atoms in total. The normalized spacial score (nSPS) is 12.1. The van der Waals surface area contributed by atoms with E-state index >= 15 is 0 Å². The van der Waals surface area contributed by atoms with Gasteiger partial charge < -0.3 is 14.8 Å². The average Bonchev–Trinajstić information content (AvgIpc) is 1.52. The Bertz CT molecular complexity index is 5760. The Balaban J connectivity index is 0.000000194. The second kappa shape index (κ2) is 25.5. The second-order valence-electron chi connectivity index (χ2n) is 25.9. The molecule has 3 heteroatoms. The highest BCUT2D eigenvalue weighted by Crippen LogP contribution is 2.61. The summed E-state index contributed by atoms with van der Waals surface area (Å²) in [6.45, 7) is 0. The van der Waals surface area contributed by atoms with Crippen LogP contribution in [-0.2, 0) is 5.41 Å². The Morgan fingerprint density at radius 1 is 0.240 bits per heavy atom. The molecule has 470 valence electrons. The lowest BCUT2D eigenvalue weighted by atomic mass is 9.65. The Hall–Kier alpha value is -13.1. The number of benzene rings is 16. The molecular formula is C97H67N3. The zero-order valence-electron chi connectivity index (χ0n) is 55.0. The number of aromatic nitrogens is 1. The van der Waals surface area contributed by atoms with E-state index in [9.17, 15) is 0 Å². The predicted molar refractivity (Wildman–Crippen MR) is 421 cm³/mol. The quantitative estimate of drug-likeness (QED) is 0.132. The van der Waals surface area contributed by atoms with E-state index in [4.69, 9.17) is 0 Å². The van der Waals surface area contributed by atoms with E-state index in [0.29, 0.717) is 0 Å². The fraction of sp³-hybridized carbons (Fsp3) is 0.0103. The molecule has 0 saturated carbocycles. The first-order valence-electron chi connectivity index (χ1n) is 34.5. The van der Waals surface area contributed by atoms with Crippen LogP contribution in [0.2, 0.25) is 0 Å². The van der Waals surface area contributed by atoms with Crippen molar-refractivity contribution in [3.8, 4) is 94.7 Å². The molecule has 2 aliphatic rings. The molecule has 0 fully saturated rings. The maximum atomic E-state index is 3.60. The SMILES string of the molecule is c1ccc(-c2ccc(-c3ccccc3N(c3ccc(-c4ccccc4)cc3)c3ccc(-c4ccc5c(c4)-n4c6ccccc6c6cccc(c64)C54c5ccccc5-c5ccccc54)cc3)cc2)cc1.c1ccc(-c2ccc(Nc3ccccc3-c3ccc(-c4ccccc4)cc3)cc2)cc1. The third kappa shape index (κ3) is 10.5. The summed E-state index contributed by atoms with van der Waals surface area (Å²) >= 11 is 0. The first kappa shape index (κ1) is 59.4. The number of para-hydroxylation sites is 4. The fourth-order valence-corrected chi connectivity index (χ4v) is 15.6. The largest absolute Gasteiger partial charge is 0.355 e. The summed E-state index contributed by atoms with van der Waals surface area (Å²) in [5.41, 5.74) is 33.5. The standard InChI is InChI=1S/C67H44N2.C30H23N/c1-3-16-45(17-4-1)47-30-32-50(33-31-47)54-20-9-13-28-63(54)68(52-39-34-48(35-40-52)46-18-5-2-6-19-46)53-41-36-49(37-42-53)51-38-43-61-65(44-51)69-64-29-14-10-23-57(64)58-24-15-27-62(66(58)69)67(61)59-25-11-7-21-55(59)56-22-8-12-26-60(56)67;1-3-9-23(10-4-1)25-15-17-27(18-16-25)29-13-7-8-14-30(29)31-28-21-19-26(20-22-28)24-11-5-2-6-12-24/h1-44H;1-22,31H. The lowest BCUT2D eigenvalue weighted by molar-refractivity contribution is 0.748. The van der Waals surface area contributed by atoms with Gasteiger partial charge in [-0.25, -0.2) is 0 Å². The number of hydrogen-bond donors (Lipinski definition) is 1. The summed E-state index contributed by atoms with van der Waals surface area (Å²) in [6, 6.07) is 145. The van der Waals surface area contributed by atoms with Gasteiger partial charge in [0.15, 0.2) is 0 Å². The maximum absolute atomic E-state index is 3.60. The average molecular weight is 1270 g/mol. The minimum atomic E-state index is -0.472. The number of nitrogens with zero attached hydrogens (tertiary/aromatic N) is 2. The molecule has 17 aromatic rings. The Morgan fingerprint density at radius 3 is 1.15 bits per heavy atom. The van der Waals surface area contributed by atoms with Gasteiger partial charge in [0.05, 0.1) is 27.8 Å². The van der Waals surface area contributed by atoms with Crippen molar-refractivity contribution in [1.82, 2.24) is 4.57 Å². The second-order valence-corrected chi connectivity index (χ2v) is 25.9.